The molecule has 19 heavy (non-hydrogen) atoms. The van der Waals surface area contributed by atoms with E-state index in [0.29, 0.717) is 22.8 Å². The van der Waals surface area contributed by atoms with E-state index in [4.69, 9.17) is 17.3 Å². The zero-order valence-corrected chi connectivity index (χ0v) is 11.3. The van der Waals surface area contributed by atoms with Gasteiger partial charge in [0.15, 0.2) is 0 Å². The average Bonchev–Trinajstić information content (AvgIpc) is 2.81. The number of carbonyl (C=O) groups excluding carboxylic acids is 1. The molecule has 6 heteroatoms. The van der Waals surface area contributed by atoms with Gasteiger partial charge in [-0.15, -0.1) is 0 Å². The third-order valence-corrected chi connectivity index (χ3v) is 2.95. The number of halogens is 1. The minimum absolute atomic E-state index is 0.0546. The van der Waals surface area contributed by atoms with E-state index in [1.165, 1.54) is 0 Å². The lowest BCUT2D eigenvalue weighted by molar-refractivity contribution is 0.0936. The number of nitrogen functional groups attached to an aromatic ring is 1. The molecule has 0 saturated heterocycles. The van der Waals surface area contributed by atoms with E-state index in [2.05, 4.69) is 10.4 Å². The number of rotatable bonds is 4. The van der Waals surface area contributed by atoms with Crippen LogP contribution in [0.2, 0.25) is 5.02 Å². The van der Waals surface area contributed by atoms with Gasteiger partial charge in [-0.05, 0) is 31.2 Å². The molecule has 0 radical (unpaired) electrons. The van der Waals surface area contributed by atoms with Gasteiger partial charge in [0.1, 0.15) is 0 Å². The summed E-state index contributed by atoms with van der Waals surface area (Å²) in [6.07, 6.45) is 3.55. The Labute approximate surface area is 116 Å². The Balaban J connectivity index is 2.00. The normalized spacial score (nSPS) is 12.1. The van der Waals surface area contributed by atoms with Crippen LogP contribution in [0.1, 0.15) is 17.3 Å². The summed E-state index contributed by atoms with van der Waals surface area (Å²) < 4.78 is 1.76. The maximum atomic E-state index is 12.0. The number of amides is 1. The quantitative estimate of drug-likeness (QED) is 0.840. The van der Waals surface area contributed by atoms with Crippen LogP contribution in [0.3, 0.4) is 0 Å². The Hall–Kier alpha value is -2.01. The number of hydrogen-bond acceptors (Lipinski definition) is 3. The topological polar surface area (TPSA) is 72.9 Å². The minimum atomic E-state index is -0.218. The molecule has 1 aromatic carbocycles. The van der Waals surface area contributed by atoms with E-state index in [-0.39, 0.29) is 11.9 Å². The highest BCUT2D eigenvalue weighted by atomic mass is 35.5. The van der Waals surface area contributed by atoms with Gasteiger partial charge >= 0.3 is 0 Å². The molecule has 2 rings (SSSR count). The molecule has 1 unspecified atom stereocenters. The van der Waals surface area contributed by atoms with Crippen molar-refractivity contribution in [3.05, 3.63) is 47.2 Å². The highest BCUT2D eigenvalue weighted by Crippen LogP contribution is 2.19. The van der Waals surface area contributed by atoms with Crippen LogP contribution in [-0.4, -0.2) is 21.7 Å². The molecule has 0 aliphatic heterocycles. The fraction of sp³-hybridized carbons (Fsp3) is 0.231. The zero-order valence-electron chi connectivity index (χ0n) is 10.5. The molecule has 0 bridgehead atoms. The molecule has 0 saturated carbocycles. The number of aromatic nitrogens is 2. The molecule has 2 aromatic rings. The van der Waals surface area contributed by atoms with Gasteiger partial charge in [0.2, 0.25) is 0 Å². The van der Waals surface area contributed by atoms with Crippen molar-refractivity contribution in [3.63, 3.8) is 0 Å². The Morgan fingerprint density at radius 3 is 3.00 bits per heavy atom. The van der Waals surface area contributed by atoms with Crippen LogP contribution in [0.15, 0.2) is 36.7 Å². The van der Waals surface area contributed by atoms with Gasteiger partial charge in [0.05, 0.1) is 17.1 Å². The van der Waals surface area contributed by atoms with Gasteiger partial charge in [0, 0.05) is 24.1 Å². The molecule has 100 valence electrons. The molecular weight excluding hydrogens is 264 g/mol. The van der Waals surface area contributed by atoms with Gasteiger partial charge in [-0.3, -0.25) is 9.48 Å². The maximum absolute atomic E-state index is 12.0. The predicted molar refractivity (Wildman–Crippen MR) is 75.0 cm³/mol. The second kappa shape index (κ2) is 5.75. The largest absolute Gasteiger partial charge is 0.399 e. The van der Waals surface area contributed by atoms with Crippen LogP contribution in [0.25, 0.3) is 0 Å². The number of nitrogens with zero attached hydrogens (tertiary/aromatic N) is 2. The Morgan fingerprint density at radius 2 is 2.37 bits per heavy atom. The number of hydrogen-bond donors (Lipinski definition) is 2. The van der Waals surface area contributed by atoms with Crippen LogP contribution < -0.4 is 11.1 Å². The smallest absolute Gasteiger partial charge is 0.253 e. The van der Waals surface area contributed by atoms with Crippen LogP contribution in [0, 0.1) is 0 Å². The highest BCUT2D eigenvalue weighted by Gasteiger charge is 2.13. The van der Waals surface area contributed by atoms with Crippen LogP contribution in [0.5, 0.6) is 0 Å². The molecular formula is C13H15ClN4O. The van der Waals surface area contributed by atoms with E-state index in [1.54, 1.807) is 29.1 Å². The van der Waals surface area contributed by atoms with Crippen molar-refractivity contribution in [2.75, 3.05) is 5.73 Å². The molecule has 5 nitrogen and oxygen atoms in total. The Bertz CT molecular complexity index is 568. The van der Waals surface area contributed by atoms with Crippen molar-refractivity contribution < 1.29 is 4.79 Å². The minimum Gasteiger partial charge on any atom is -0.399 e. The zero-order chi connectivity index (χ0) is 13.8. The predicted octanol–water partition coefficient (Wildman–Crippen LogP) is 1.94. The highest BCUT2D eigenvalue weighted by molar-refractivity contribution is 6.34. The van der Waals surface area contributed by atoms with Crippen molar-refractivity contribution in [1.29, 1.82) is 0 Å². The van der Waals surface area contributed by atoms with Gasteiger partial charge in [-0.25, -0.2) is 0 Å². The standard InChI is InChI=1S/C13H15ClN4O/c1-9(8-18-6-2-5-16-18)17-13(19)11-4-3-10(15)7-12(11)14/h2-7,9H,8,15H2,1H3,(H,17,19). The maximum Gasteiger partial charge on any atom is 0.253 e. The van der Waals surface area contributed by atoms with Crippen molar-refractivity contribution >= 4 is 23.2 Å². The van der Waals surface area contributed by atoms with Crippen LogP contribution >= 0.6 is 11.6 Å². The first-order valence-electron chi connectivity index (χ1n) is 5.89. The summed E-state index contributed by atoms with van der Waals surface area (Å²) in [5.74, 6) is -0.218. The summed E-state index contributed by atoms with van der Waals surface area (Å²) in [4.78, 5) is 12.0. The number of nitrogens with one attached hydrogen (secondary N) is 1. The number of benzene rings is 1. The first kappa shape index (κ1) is 13.4. The summed E-state index contributed by atoms with van der Waals surface area (Å²) in [7, 11) is 0. The Morgan fingerprint density at radius 1 is 1.58 bits per heavy atom. The van der Waals surface area contributed by atoms with Gasteiger partial charge < -0.3 is 11.1 Å². The van der Waals surface area contributed by atoms with Gasteiger partial charge in [-0.1, -0.05) is 11.6 Å². The molecule has 0 spiro atoms. The lowest BCUT2D eigenvalue weighted by atomic mass is 10.2. The first-order valence-corrected chi connectivity index (χ1v) is 6.27. The summed E-state index contributed by atoms with van der Waals surface area (Å²) in [5, 5.41) is 7.31. The third-order valence-electron chi connectivity index (χ3n) is 2.64. The van der Waals surface area contributed by atoms with E-state index < -0.39 is 0 Å². The summed E-state index contributed by atoms with van der Waals surface area (Å²) in [6.45, 7) is 2.51. The summed E-state index contributed by atoms with van der Waals surface area (Å²) >= 11 is 5.99. The second-order valence-corrected chi connectivity index (χ2v) is 4.75. The molecule has 1 amide bonds. The Kier molecular flexibility index (Phi) is 4.06. The fourth-order valence-electron chi connectivity index (χ4n) is 1.75. The van der Waals surface area contributed by atoms with Crippen molar-refractivity contribution in [2.24, 2.45) is 0 Å². The molecule has 1 atom stereocenters. The average molecular weight is 279 g/mol. The van der Waals surface area contributed by atoms with Crippen molar-refractivity contribution in [2.45, 2.75) is 19.5 Å². The van der Waals surface area contributed by atoms with Crippen molar-refractivity contribution in [1.82, 2.24) is 15.1 Å². The molecule has 3 N–H and O–H groups in total. The van der Waals surface area contributed by atoms with E-state index in [9.17, 15) is 4.79 Å². The molecule has 0 aliphatic rings. The molecule has 1 aromatic heterocycles. The monoisotopic (exact) mass is 278 g/mol. The van der Waals surface area contributed by atoms with Crippen LogP contribution in [-0.2, 0) is 6.54 Å². The summed E-state index contributed by atoms with van der Waals surface area (Å²) in [6, 6.07) is 6.62. The number of anilines is 1. The molecule has 0 aliphatic carbocycles. The SMILES string of the molecule is CC(Cn1cccn1)NC(=O)c1ccc(N)cc1Cl. The number of carbonyl (C=O) groups is 1. The second-order valence-electron chi connectivity index (χ2n) is 4.34. The van der Waals surface area contributed by atoms with Gasteiger partial charge in [-0.2, -0.15) is 5.10 Å². The number of nitrogens with two attached hydrogens (primary N) is 1. The lowest BCUT2D eigenvalue weighted by Crippen LogP contribution is -2.35. The lowest BCUT2D eigenvalue weighted by Gasteiger charge is -2.14. The van der Waals surface area contributed by atoms with E-state index in [1.807, 2.05) is 19.2 Å². The molecule has 1 heterocycles. The van der Waals surface area contributed by atoms with Crippen LogP contribution in [0.4, 0.5) is 5.69 Å². The van der Waals surface area contributed by atoms with Gasteiger partial charge in [0.25, 0.3) is 5.91 Å². The van der Waals surface area contributed by atoms with E-state index in [0.717, 1.165) is 0 Å². The van der Waals surface area contributed by atoms with E-state index >= 15 is 0 Å². The third kappa shape index (κ3) is 3.48. The fourth-order valence-corrected chi connectivity index (χ4v) is 2.03. The van der Waals surface area contributed by atoms with Crippen molar-refractivity contribution in [3.8, 4) is 0 Å². The summed E-state index contributed by atoms with van der Waals surface area (Å²) in [5.41, 5.74) is 6.54. The first-order chi connectivity index (χ1) is 9.06. The molecule has 0 fully saturated rings.